The van der Waals surface area contributed by atoms with Crippen molar-refractivity contribution >= 4 is 58.5 Å². The number of hydrazone groups is 1. The summed E-state index contributed by atoms with van der Waals surface area (Å²) in [5.74, 6) is -1.02. The number of carbonyl (C=O) groups is 1. The molecular formula is C17H10FN3O4S2. The lowest BCUT2D eigenvalue weighted by atomic mass is 10.2. The van der Waals surface area contributed by atoms with Crippen LogP contribution in [0.4, 0.5) is 10.3 Å². The molecule has 0 spiro atoms. The number of thiocarbonyl (C=S) groups is 1. The van der Waals surface area contributed by atoms with E-state index in [1.54, 1.807) is 18.2 Å². The average molecular weight is 403 g/mol. The van der Waals surface area contributed by atoms with Crippen molar-refractivity contribution in [1.82, 2.24) is 5.01 Å². The van der Waals surface area contributed by atoms with Gasteiger partial charge in [0.05, 0.1) is 11.0 Å². The van der Waals surface area contributed by atoms with Crippen LogP contribution in [-0.4, -0.2) is 26.4 Å². The zero-order chi connectivity index (χ0) is 19.4. The molecule has 0 radical (unpaired) electrons. The van der Waals surface area contributed by atoms with Gasteiger partial charge in [-0.25, -0.2) is 4.39 Å². The Kier molecular flexibility index (Phi) is 5.57. The maximum atomic E-state index is 13.7. The highest BCUT2D eigenvalue weighted by atomic mass is 32.2. The van der Waals surface area contributed by atoms with Gasteiger partial charge in [-0.2, -0.15) is 10.1 Å². The number of thioether (sulfide) groups is 1. The topological polar surface area (TPSA) is 89.0 Å². The maximum Gasteiger partial charge on any atom is 0.433 e. The summed E-state index contributed by atoms with van der Waals surface area (Å²) in [5.41, 5.74) is 0.279. The summed E-state index contributed by atoms with van der Waals surface area (Å²) in [7, 11) is 0. The number of carbonyl (C=O) groups excluding carboxylic acids is 1. The highest BCUT2D eigenvalue weighted by Gasteiger charge is 2.32. The van der Waals surface area contributed by atoms with Crippen LogP contribution in [-0.2, 0) is 4.79 Å². The lowest BCUT2D eigenvalue weighted by Gasteiger charge is -2.04. The summed E-state index contributed by atoms with van der Waals surface area (Å²) >= 11 is 6.14. The number of benzene rings is 1. The van der Waals surface area contributed by atoms with E-state index in [1.165, 1.54) is 42.6 Å². The van der Waals surface area contributed by atoms with Gasteiger partial charge in [-0.05, 0) is 42.6 Å². The van der Waals surface area contributed by atoms with E-state index in [2.05, 4.69) is 5.10 Å². The minimum Gasteiger partial charge on any atom is -0.401 e. The first-order chi connectivity index (χ1) is 13.0. The SMILES string of the molecule is O=C1/C(=C\c2ccccc2F)SC(=S)N1/N=C/C=C/c1ccc([N+](=O)[O-])o1. The summed E-state index contributed by atoms with van der Waals surface area (Å²) in [6, 6.07) is 8.73. The number of furan rings is 1. The highest BCUT2D eigenvalue weighted by Crippen LogP contribution is 2.33. The second kappa shape index (κ2) is 8.06. The first kappa shape index (κ1) is 18.7. The van der Waals surface area contributed by atoms with E-state index in [-0.39, 0.29) is 26.4 Å². The quantitative estimate of drug-likeness (QED) is 0.244. The fourth-order valence-corrected chi connectivity index (χ4v) is 3.23. The molecule has 1 amide bonds. The number of nitro groups is 1. The van der Waals surface area contributed by atoms with Gasteiger partial charge in [-0.15, -0.1) is 0 Å². The summed E-state index contributed by atoms with van der Waals surface area (Å²) in [4.78, 5) is 22.5. The fourth-order valence-electron chi connectivity index (χ4n) is 2.07. The first-order valence-corrected chi connectivity index (χ1v) is 8.65. The van der Waals surface area contributed by atoms with Crippen molar-refractivity contribution in [2.75, 3.05) is 0 Å². The summed E-state index contributed by atoms with van der Waals surface area (Å²) in [5, 5.41) is 15.5. The van der Waals surface area contributed by atoms with Crippen molar-refractivity contribution in [3.63, 3.8) is 0 Å². The van der Waals surface area contributed by atoms with Crippen molar-refractivity contribution in [2.45, 2.75) is 0 Å². The van der Waals surface area contributed by atoms with Gasteiger partial charge >= 0.3 is 5.88 Å². The zero-order valence-corrected chi connectivity index (χ0v) is 15.1. The fraction of sp³-hybridized carbons (Fsp3) is 0. The molecule has 0 atom stereocenters. The standard InChI is InChI=1S/C17H10FN3O4S2/c18-13-6-2-1-4-11(13)10-14-16(22)20(17(26)27-14)19-9-3-5-12-7-8-15(25-12)21(23)24/h1-10H/b5-3+,14-10+,19-9+. The Hall–Kier alpha value is -3.11. The zero-order valence-electron chi connectivity index (χ0n) is 13.4. The van der Waals surface area contributed by atoms with Gasteiger partial charge in [-0.3, -0.25) is 14.9 Å². The molecule has 0 aliphatic carbocycles. The van der Waals surface area contributed by atoms with Gasteiger partial charge < -0.3 is 4.42 Å². The Morgan fingerprint density at radius 2 is 2.07 bits per heavy atom. The van der Waals surface area contributed by atoms with Crippen LogP contribution in [0.2, 0.25) is 0 Å². The molecule has 1 saturated heterocycles. The summed E-state index contributed by atoms with van der Waals surface area (Å²) in [6.07, 6.45) is 5.61. The van der Waals surface area contributed by atoms with Crippen LogP contribution in [0.25, 0.3) is 12.2 Å². The van der Waals surface area contributed by atoms with Crippen molar-refractivity contribution in [3.8, 4) is 0 Å². The summed E-state index contributed by atoms with van der Waals surface area (Å²) in [6.45, 7) is 0. The van der Waals surface area contributed by atoms with Crippen LogP contribution >= 0.6 is 24.0 Å². The minimum atomic E-state index is -0.645. The van der Waals surface area contributed by atoms with Gasteiger partial charge in [0.1, 0.15) is 16.5 Å². The first-order valence-electron chi connectivity index (χ1n) is 7.43. The molecule has 2 heterocycles. The number of allylic oxidation sites excluding steroid dienone is 1. The van der Waals surface area contributed by atoms with Crippen LogP contribution < -0.4 is 0 Å². The molecule has 27 heavy (non-hydrogen) atoms. The molecular weight excluding hydrogens is 393 g/mol. The Balaban J connectivity index is 1.70. The predicted octanol–water partition coefficient (Wildman–Crippen LogP) is 4.23. The van der Waals surface area contributed by atoms with E-state index in [4.69, 9.17) is 16.6 Å². The second-order valence-corrected chi connectivity index (χ2v) is 6.75. The smallest absolute Gasteiger partial charge is 0.401 e. The highest BCUT2D eigenvalue weighted by molar-refractivity contribution is 8.26. The van der Waals surface area contributed by atoms with Gasteiger partial charge in [0.2, 0.25) is 0 Å². The molecule has 0 N–H and O–H groups in total. The molecule has 10 heteroatoms. The summed E-state index contributed by atoms with van der Waals surface area (Å²) < 4.78 is 18.9. The molecule has 1 aromatic heterocycles. The third kappa shape index (κ3) is 4.36. The van der Waals surface area contributed by atoms with Crippen molar-refractivity contribution in [1.29, 1.82) is 0 Å². The number of halogens is 1. The van der Waals surface area contributed by atoms with Crippen molar-refractivity contribution in [3.05, 3.63) is 74.6 Å². The van der Waals surface area contributed by atoms with Crippen LogP contribution in [0, 0.1) is 15.9 Å². The number of hydrogen-bond donors (Lipinski definition) is 0. The minimum absolute atomic E-state index is 0.209. The average Bonchev–Trinajstić information content (AvgIpc) is 3.20. The normalized spacial score (nSPS) is 16.3. The van der Waals surface area contributed by atoms with Crippen LogP contribution in [0.5, 0.6) is 0 Å². The molecule has 3 rings (SSSR count). The van der Waals surface area contributed by atoms with E-state index in [1.807, 2.05) is 0 Å². The van der Waals surface area contributed by atoms with Gasteiger partial charge in [0.25, 0.3) is 5.91 Å². The number of amides is 1. The number of hydrogen-bond acceptors (Lipinski definition) is 7. The predicted molar refractivity (Wildman–Crippen MR) is 104 cm³/mol. The lowest BCUT2D eigenvalue weighted by Crippen LogP contribution is -2.21. The Labute approximate surface area is 162 Å². The number of rotatable bonds is 5. The maximum absolute atomic E-state index is 13.7. The Morgan fingerprint density at radius 3 is 2.78 bits per heavy atom. The van der Waals surface area contributed by atoms with Crippen molar-refractivity contribution in [2.24, 2.45) is 5.10 Å². The molecule has 1 aliphatic rings. The van der Waals surface area contributed by atoms with Gasteiger partial charge in [0, 0.05) is 11.8 Å². The molecule has 2 aromatic rings. The molecule has 1 aliphatic heterocycles. The van der Waals surface area contributed by atoms with Crippen molar-refractivity contribution < 1.29 is 18.5 Å². The lowest BCUT2D eigenvalue weighted by molar-refractivity contribution is -0.402. The molecule has 0 saturated carbocycles. The molecule has 136 valence electrons. The molecule has 7 nitrogen and oxygen atoms in total. The van der Waals surface area contributed by atoms with Crippen LogP contribution in [0.1, 0.15) is 11.3 Å². The molecule has 1 aromatic carbocycles. The van der Waals surface area contributed by atoms with E-state index in [0.717, 1.165) is 16.8 Å². The third-order valence-corrected chi connectivity index (χ3v) is 4.57. The Bertz CT molecular complexity index is 1010. The molecule has 0 unspecified atom stereocenters. The van der Waals surface area contributed by atoms with E-state index in [9.17, 15) is 19.3 Å². The van der Waals surface area contributed by atoms with E-state index >= 15 is 0 Å². The van der Waals surface area contributed by atoms with Crippen LogP contribution in [0.15, 0.2) is 56.9 Å². The number of nitrogens with zero attached hydrogens (tertiary/aromatic N) is 3. The molecule has 1 fully saturated rings. The molecule has 0 bridgehead atoms. The second-order valence-electron chi connectivity index (χ2n) is 5.07. The largest absolute Gasteiger partial charge is 0.433 e. The van der Waals surface area contributed by atoms with E-state index < -0.39 is 16.6 Å². The van der Waals surface area contributed by atoms with E-state index in [0.29, 0.717) is 0 Å². The monoisotopic (exact) mass is 403 g/mol. The van der Waals surface area contributed by atoms with Gasteiger partial charge in [-0.1, -0.05) is 30.0 Å². The van der Waals surface area contributed by atoms with Gasteiger partial charge in [0.15, 0.2) is 4.32 Å². The Morgan fingerprint density at radius 1 is 1.30 bits per heavy atom. The third-order valence-electron chi connectivity index (χ3n) is 3.29. The van der Waals surface area contributed by atoms with Crippen LogP contribution in [0.3, 0.4) is 0 Å².